The molecule has 3 aromatic rings. The zero-order valence-electron chi connectivity index (χ0n) is 19.2. The minimum Gasteiger partial charge on any atom is -0.495 e. The number of thiocarbonyl (C=S) groups is 1. The molecule has 0 bridgehead atoms. The maximum atomic E-state index is 13.4. The van der Waals surface area contributed by atoms with Gasteiger partial charge in [0.2, 0.25) is 0 Å². The van der Waals surface area contributed by atoms with Crippen LogP contribution < -0.4 is 15.0 Å². The van der Waals surface area contributed by atoms with E-state index >= 15 is 0 Å². The van der Waals surface area contributed by atoms with Crippen molar-refractivity contribution >= 4 is 40.9 Å². The Bertz CT molecular complexity index is 1340. The number of anilines is 1. The summed E-state index contributed by atoms with van der Waals surface area (Å²) in [5.41, 5.74) is 6.62. The summed E-state index contributed by atoms with van der Waals surface area (Å²) in [6.07, 6.45) is 1.63. The number of carbonyl (C=O) groups excluding carboxylic acids is 2. The molecule has 1 saturated heterocycles. The topological polar surface area (TPSA) is 63.6 Å². The Hall–Kier alpha value is -3.71. The molecule has 0 saturated carbocycles. The van der Waals surface area contributed by atoms with Crippen LogP contribution in [0, 0.1) is 27.7 Å². The Balaban J connectivity index is 1.79. The van der Waals surface area contributed by atoms with E-state index in [1.165, 1.54) is 17.6 Å². The summed E-state index contributed by atoms with van der Waals surface area (Å²) in [6, 6.07) is 15.3. The molecule has 1 aliphatic heterocycles. The van der Waals surface area contributed by atoms with Gasteiger partial charge in [-0.3, -0.25) is 14.9 Å². The highest BCUT2D eigenvalue weighted by Gasteiger charge is 2.36. The van der Waals surface area contributed by atoms with Crippen molar-refractivity contribution in [2.75, 3.05) is 12.0 Å². The Morgan fingerprint density at radius 1 is 0.970 bits per heavy atom. The van der Waals surface area contributed by atoms with Gasteiger partial charge in [0.05, 0.1) is 12.8 Å². The number of methoxy groups -OCH3 is 1. The Kier molecular flexibility index (Phi) is 5.91. The molecule has 4 rings (SSSR count). The fraction of sp³-hybridized carbons (Fsp3) is 0.192. The second-order valence-electron chi connectivity index (χ2n) is 8.08. The van der Waals surface area contributed by atoms with Crippen LogP contribution >= 0.6 is 12.2 Å². The lowest BCUT2D eigenvalue weighted by molar-refractivity contribution is -0.122. The van der Waals surface area contributed by atoms with Gasteiger partial charge in [-0.15, -0.1) is 0 Å². The molecule has 1 aromatic heterocycles. The second kappa shape index (κ2) is 8.67. The molecule has 2 amide bonds. The van der Waals surface area contributed by atoms with E-state index in [2.05, 4.69) is 41.9 Å². The SMILES string of the molecule is COc1ccccc1N1C(=O)/C(=C/c2cc(C)n(-c3ccc(C)cc3C)c2C)C(=O)NC1=S. The van der Waals surface area contributed by atoms with Crippen LogP contribution in [0.2, 0.25) is 0 Å². The molecule has 0 atom stereocenters. The predicted molar refractivity (Wildman–Crippen MR) is 134 cm³/mol. The van der Waals surface area contributed by atoms with Gasteiger partial charge >= 0.3 is 0 Å². The highest BCUT2D eigenvalue weighted by atomic mass is 32.1. The van der Waals surface area contributed by atoms with E-state index in [1.807, 2.05) is 19.9 Å². The minimum absolute atomic E-state index is 0.00961. The van der Waals surface area contributed by atoms with Gasteiger partial charge in [0, 0.05) is 17.1 Å². The van der Waals surface area contributed by atoms with E-state index in [0.717, 1.165) is 28.2 Å². The number of aryl methyl sites for hydroxylation is 3. The molecule has 2 aromatic carbocycles. The number of carbonyl (C=O) groups is 2. The van der Waals surface area contributed by atoms with Crippen molar-refractivity contribution in [1.29, 1.82) is 0 Å². The van der Waals surface area contributed by atoms with E-state index < -0.39 is 11.8 Å². The first kappa shape index (κ1) is 22.5. The van der Waals surface area contributed by atoms with Crippen molar-refractivity contribution in [2.24, 2.45) is 0 Å². The number of rotatable bonds is 4. The summed E-state index contributed by atoms with van der Waals surface area (Å²) < 4.78 is 7.53. The van der Waals surface area contributed by atoms with E-state index in [1.54, 1.807) is 30.3 Å². The Morgan fingerprint density at radius 3 is 2.39 bits per heavy atom. The smallest absolute Gasteiger partial charge is 0.270 e. The van der Waals surface area contributed by atoms with Crippen LogP contribution in [0.1, 0.15) is 28.1 Å². The second-order valence-corrected chi connectivity index (χ2v) is 8.47. The van der Waals surface area contributed by atoms with Crippen molar-refractivity contribution in [3.8, 4) is 11.4 Å². The van der Waals surface area contributed by atoms with Crippen LogP contribution in [0.15, 0.2) is 54.1 Å². The van der Waals surface area contributed by atoms with Crippen molar-refractivity contribution in [3.05, 3.63) is 82.2 Å². The third-order valence-electron chi connectivity index (χ3n) is 5.79. The zero-order valence-corrected chi connectivity index (χ0v) is 20.0. The summed E-state index contributed by atoms with van der Waals surface area (Å²) in [6.45, 7) is 8.12. The Labute approximate surface area is 198 Å². The van der Waals surface area contributed by atoms with Crippen LogP contribution in [-0.4, -0.2) is 28.6 Å². The molecule has 1 fully saturated rings. The zero-order chi connectivity index (χ0) is 23.9. The number of aromatic nitrogens is 1. The molecule has 0 unspecified atom stereocenters. The molecule has 0 aliphatic carbocycles. The van der Waals surface area contributed by atoms with E-state index in [0.29, 0.717) is 11.4 Å². The number of hydrogen-bond donors (Lipinski definition) is 1. The quantitative estimate of drug-likeness (QED) is 0.353. The number of amides is 2. The third kappa shape index (κ3) is 3.96. The lowest BCUT2D eigenvalue weighted by atomic mass is 10.1. The molecule has 168 valence electrons. The predicted octanol–water partition coefficient (Wildman–Crippen LogP) is 4.55. The van der Waals surface area contributed by atoms with Gasteiger partial charge < -0.3 is 9.30 Å². The number of ether oxygens (including phenoxy) is 1. The highest BCUT2D eigenvalue weighted by molar-refractivity contribution is 7.80. The van der Waals surface area contributed by atoms with Gasteiger partial charge in [-0.25, -0.2) is 4.90 Å². The molecule has 2 heterocycles. The van der Waals surface area contributed by atoms with Gasteiger partial charge in [-0.1, -0.05) is 29.8 Å². The first-order chi connectivity index (χ1) is 15.7. The summed E-state index contributed by atoms with van der Waals surface area (Å²) in [5.74, 6) is -0.534. The first-order valence-corrected chi connectivity index (χ1v) is 10.9. The van der Waals surface area contributed by atoms with Crippen molar-refractivity contribution < 1.29 is 14.3 Å². The van der Waals surface area contributed by atoms with Crippen LogP contribution in [0.5, 0.6) is 5.75 Å². The summed E-state index contributed by atoms with van der Waals surface area (Å²) in [7, 11) is 1.52. The van der Waals surface area contributed by atoms with Gasteiger partial charge in [-0.2, -0.15) is 0 Å². The normalized spacial score (nSPS) is 15.2. The minimum atomic E-state index is -0.521. The van der Waals surface area contributed by atoms with Gasteiger partial charge in [0.25, 0.3) is 11.8 Å². The highest BCUT2D eigenvalue weighted by Crippen LogP contribution is 2.32. The fourth-order valence-corrected chi connectivity index (χ4v) is 4.48. The van der Waals surface area contributed by atoms with Crippen molar-refractivity contribution in [1.82, 2.24) is 9.88 Å². The standard InChI is InChI=1S/C26H25N3O3S/c1-15-10-11-21(16(2)12-15)28-17(3)13-19(18(28)4)14-20-24(30)27-26(33)29(25(20)31)22-8-6-7-9-23(22)32-5/h6-14H,1-5H3,(H,27,30,33)/b20-14+. The molecular weight excluding hydrogens is 434 g/mol. The average Bonchev–Trinajstić information content (AvgIpc) is 3.04. The van der Waals surface area contributed by atoms with Gasteiger partial charge in [-0.05, 0) is 81.4 Å². The summed E-state index contributed by atoms with van der Waals surface area (Å²) in [4.78, 5) is 27.5. The molecule has 0 radical (unpaired) electrons. The maximum Gasteiger partial charge on any atom is 0.270 e. The number of hydrogen-bond acceptors (Lipinski definition) is 4. The van der Waals surface area contributed by atoms with Crippen molar-refractivity contribution in [3.63, 3.8) is 0 Å². The molecule has 7 heteroatoms. The van der Waals surface area contributed by atoms with Crippen LogP contribution in [0.25, 0.3) is 11.8 Å². The third-order valence-corrected chi connectivity index (χ3v) is 6.08. The summed E-state index contributed by atoms with van der Waals surface area (Å²) in [5, 5.41) is 2.66. The van der Waals surface area contributed by atoms with E-state index in [4.69, 9.17) is 17.0 Å². The monoisotopic (exact) mass is 459 g/mol. The van der Waals surface area contributed by atoms with E-state index in [-0.39, 0.29) is 10.7 Å². The Morgan fingerprint density at radius 2 is 1.70 bits per heavy atom. The summed E-state index contributed by atoms with van der Waals surface area (Å²) >= 11 is 5.31. The largest absolute Gasteiger partial charge is 0.495 e. The lowest BCUT2D eigenvalue weighted by Crippen LogP contribution is -2.54. The van der Waals surface area contributed by atoms with Crippen molar-refractivity contribution in [2.45, 2.75) is 27.7 Å². The number of para-hydroxylation sites is 2. The number of nitrogens with one attached hydrogen (secondary N) is 1. The molecule has 0 spiro atoms. The van der Waals surface area contributed by atoms with Gasteiger partial charge in [0.1, 0.15) is 11.3 Å². The molecule has 1 aliphatic rings. The lowest BCUT2D eigenvalue weighted by Gasteiger charge is -2.29. The first-order valence-electron chi connectivity index (χ1n) is 10.5. The molecule has 6 nitrogen and oxygen atoms in total. The van der Waals surface area contributed by atoms with Crippen LogP contribution in [0.3, 0.4) is 0 Å². The maximum absolute atomic E-state index is 13.4. The fourth-order valence-electron chi connectivity index (χ4n) is 4.21. The van der Waals surface area contributed by atoms with Crippen LogP contribution in [0.4, 0.5) is 5.69 Å². The molecule has 33 heavy (non-hydrogen) atoms. The molecular formula is C26H25N3O3S. The number of benzene rings is 2. The van der Waals surface area contributed by atoms with Crippen LogP contribution in [-0.2, 0) is 9.59 Å². The van der Waals surface area contributed by atoms with Gasteiger partial charge in [0.15, 0.2) is 5.11 Å². The van der Waals surface area contributed by atoms with E-state index in [9.17, 15) is 9.59 Å². The number of nitrogens with zero attached hydrogens (tertiary/aromatic N) is 2. The molecule has 1 N–H and O–H groups in total. The average molecular weight is 460 g/mol.